The molecule has 8 heteroatoms. The third-order valence-corrected chi connectivity index (χ3v) is 6.79. The number of methoxy groups -OCH3 is 1. The zero-order valence-corrected chi connectivity index (χ0v) is 22.9. The molecule has 1 atom stereocenters. The van der Waals surface area contributed by atoms with Gasteiger partial charge in [0.15, 0.2) is 0 Å². The smallest absolute Gasteiger partial charge is 0.339 e. The molecule has 0 aliphatic carbocycles. The number of rotatable bonds is 6. The van der Waals surface area contributed by atoms with Gasteiger partial charge >= 0.3 is 12.0 Å². The summed E-state index contributed by atoms with van der Waals surface area (Å²) < 4.78 is 4.98. The number of benzene rings is 3. The molecule has 1 fully saturated rings. The lowest BCUT2D eigenvalue weighted by Crippen LogP contribution is -2.47. The van der Waals surface area contributed by atoms with Crippen molar-refractivity contribution >= 4 is 35.0 Å². The second kappa shape index (κ2) is 12.0. The number of ether oxygens (including phenoxy) is 1. The highest BCUT2D eigenvalue weighted by Gasteiger charge is 2.25. The third kappa shape index (κ3) is 7.16. The van der Waals surface area contributed by atoms with Gasteiger partial charge < -0.3 is 25.6 Å². The molecule has 39 heavy (non-hydrogen) atoms. The quantitative estimate of drug-likeness (QED) is 0.334. The standard InChI is InChI=1S/C31H36N4O4/c1-31(2,3)22-14-12-21(13-15-22)28(36)33-24-16-17-26(29(37)39-4)27(19-24)32-25-11-8-18-35(20-25)30(38)34-23-9-6-5-7-10-23/h5-7,9-10,12-17,19,25,32H,8,11,18,20H2,1-4H3,(H,33,36)(H,34,38). The van der Waals surface area contributed by atoms with Crippen LogP contribution in [0.4, 0.5) is 21.9 Å². The average Bonchev–Trinajstić information content (AvgIpc) is 2.93. The molecular formula is C31H36N4O4. The maximum atomic E-state index is 12.9. The molecule has 3 aromatic rings. The molecule has 3 aromatic carbocycles. The van der Waals surface area contributed by atoms with Crippen LogP contribution in [-0.4, -0.2) is 49.0 Å². The second-order valence-electron chi connectivity index (χ2n) is 10.8. The van der Waals surface area contributed by atoms with Crippen molar-refractivity contribution in [2.24, 2.45) is 0 Å². The summed E-state index contributed by atoms with van der Waals surface area (Å²) in [5.41, 5.74) is 3.87. The molecule has 3 amide bonds. The minimum absolute atomic E-state index is 0.00376. The number of anilines is 3. The number of carbonyl (C=O) groups excluding carboxylic acids is 3. The Balaban J connectivity index is 1.47. The molecule has 1 aliphatic heterocycles. The molecule has 8 nitrogen and oxygen atoms in total. The number of urea groups is 1. The average molecular weight is 529 g/mol. The first kappa shape index (κ1) is 27.7. The summed E-state index contributed by atoms with van der Waals surface area (Å²) in [7, 11) is 1.33. The van der Waals surface area contributed by atoms with Crippen LogP contribution in [0.25, 0.3) is 0 Å². The summed E-state index contributed by atoms with van der Waals surface area (Å²) in [6.07, 6.45) is 1.64. The van der Waals surface area contributed by atoms with Gasteiger partial charge in [0.2, 0.25) is 0 Å². The van der Waals surface area contributed by atoms with Gasteiger partial charge in [0.05, 0.1) is 18.4 Å². The van der Waals surface area contributed by atoms with Crippen molar-refractivity contribution < 1.29 is 19.1 Å². The zero-order chi connectivity index (χ0) is 28.0. The summed E-state index contributed by atoms with van der Waals surface area (Å²) in [6.45, 7) is 7.49. The van der Waals surface area contributed by atoms with Crippen LogP contribution in [0.3, 0.4) is 0 Å². The molecule has 0 saturated carbocycles. The summed E-state index contributed by atoms with van der Waals surface area (Å²) >= 11 is 0. The Morgan fingerprint density at radius 3 is 2.28 bits per heavy atom. The van der Waals surface area contributed by atoms with E-state index in [2.05, 4.69) is 36.7 Å². The zero-order valence-electron chi connectivity index (χ0n) is 22.9. The first-order chi connectivity index (χ1) is 18.6. The number of para-hydroxylation sites is 1. The van der Waals surface area contributed by atoms with E-state index in [1.807, 2.05) is 54.6 Å². The van der Waals surface area contributed by atoms with E-state index in [0.717, 1.165) is 24.1 Å². The summed E-state index contributed by atoms with van der Waals surface area (Å²) in [5, 5.41) is 9.27. The maximum absolute atomic E-state index is 12.9. The second-order valence-corrected chi connectivity index (χ2v) is 10.8. The van der Waals surface area contributed by atoms with Crippen molar-refractivity contribution in [3.8, 4) is 0 Å². The van der Waals surface area contributed by atoms with E-state index in [4.69, 9.17) is 4.74 Å². The SMILES string of the molecule is COC(=O)c1ccc(NC(=O)c2ccc(C(C)(C)C)cc2)cc1NC1CCCN(C(=O)Nc2ccccc2)C1. The number of amides is 3. The normalized spacial score (nSPS) is 15.3. The number of esters is 1. The van der Waals surface area contributed by atoms with Crippen LogP contribution in [0.5, 0.6) is 0 Å². The van der Waals surface area contributed by atoms with Crippen LogP contribution in [0, 0.1) is 0 Å². The fourth-order valence-electron chi connectivity index (χ4n) is 4.58. The Hall–Kier alpha value is -4.33. The van der Waals surface area contributed by atoms with Gasteiger partial charge in [0.25, 0.3) is 5.91 Å². The van der Waals surface area contributed by atoms with E-state index >= 15 is 0 Å². The summed E-state index contributed by atoms with van der Waals surface area (Å²) in [5.74, 6) is -0.726. The predicted octanol–water partition coefficient (Wildman–Crippen LogP) is 6.13. The molecule has 204 valence electrons. The van der Waals surface area contributed by atoms with Crippen LogP contribution < -0.4 is 16.0 Å². The highest BCUT2D eigenvalue weighted by Crippen LogP contribution is 2.26. The van der Waals surface area contributed by atoms with E-state index < -0.39 is 5.97 Å². The van der Waals surface area contributed by atoms with E-state index in [1.165, 1.54) is 7.11 Å². The molecular weight excluding hydrogens is 492 g/mol. The largest absolute Gasteiger partial charge is 0.465 e. The van der Waals surface area contributed by atoms with Crippen LogP contribution in [0.1, 0.15) is 59.9 Å². The van der Waals surface area contributed by atoms with Crippen molar-refractivity contribution in [2.45, 2.75) is 45.1 Å². The first-order valence-corrected chi connectivity index (χ1v) is 13.2. The number of nitrogens with one attached hydrogen (secondary N) is 3. The van der Waals surface area contributed by atoms with Gasteiger partial charge in [-0.3, -0.25) is 4.79 Å². The Bertz CT molecular complexity index is 1320. The van der Waals surface area contributed by atoms with Crippen LogP contribution in [0.2, 0.25) is 0 Å². The minimum atomic E-state index is -0.484. The van der Waals surface area contributed by atoms with E-state index in [-0.39, 0.29) is 23.4 Å². The Morgan fingerprint density at radius 2 is 1.62 bits per heavy atom. The monoisotopic (exact) mass is 528 g/mol. The maximum Gasteiger partial charge on any atom is 0.339 e. The van der Waals surface area contributed by atoms with Crippen molar-refractivity contribution in [2.75, 3.05) is 36.1 Å². The van der Waals surface area contributed by atoms with Gasteiger partial charge in [-0.25, -0.2) is 9.59 Å². The highest BCUT2D eigenvalue weighted by atomic mass is 16.5. The lowest BCUT2D eigenvalue weighted by Gasteiger charge is -2.34. The molecule has 3 N–H and O–H groups in total. The molecule has 1 saturated heterocycles. The Kier molecular flexibility index (Phi) is 8.54. The topological polar surface area (TPSA) is 99.8 Å². The minimum Gasteiger partial charge on any atom is -0.465 e. The summed E-state index contributed by atoms with van der Waals surface area (Å²) in [4.78, 5) is 40.0. The molecule has 0 bridgehead atoms. The molecule has 0 spiro atoms. The van der Waals surface area contributed by atoms with Crippen molar-refractivity contribution in [3.05, 3.63) is 89.5 Å². The lowest BCUT2D eigenvalue weighted by atomic mass is 9.87. The van der Waals surface area contributed by atoms with E-state index in [0.29, 0.717) is 35.6 Å². The Morgan fingerprint density at radius 1 is 0.897 bits per heavy atom. The van der Waals surface area contributed by atoms with Crippen LogP contribution in [-0.2, 0) is 10.2 Å². The number of nitrogens with zero attached hydrogens (tertiary/aromatic N) is 1. The molecule has 0 aromatic heterocycles. The van der Waals surface area contributed by atoms with Crippen molar-refractivity contribution in [3.63, 3.8) is 0 Å². The van der Waals surface area contributed by atoms with Gasteiger partial charge in [-0.05, 0) is 66.3 Å². The fourth-order valence-corrected chi connectivity index (χ4v) is 4.58. The number of hydrogen-bond acceptors (Lipinski definition) is 5. The lowest BCUT2D eigenvalue weighted by molar-refractivity contribution is 0.0601. The predicted molar refractivity (Wildman–Crippen MR) is 155 cm³/mol. The number of carbonyl (C=O) groups is 3. The molecule has 1 unspecified atom stereocenters. The van der Waals surface area contributed by atoms with Crippen molar-refractivity contribution in [1.82, 2.24) is 4.90 Å². The molecule has 1 aliphatic rings. The van der Waals surface area contributed by atoms with E-state index in [1.54, 1.807) is 23.1 Å². The third-order valence-electron chi connectivity index (χ3n) is 6.79. The van der Waals surface area contributed by atoms with Gasteiger partial charge in [0, 0.05) is 36.1 Å². The van der Waals surface area contributed by atoms with Crippen molar-refractivity contribution in [1.29, 1.82) is 0 Å². The number of likely N-dealkylation sites (tertiary alicyclic amines) is 1. The van der Waals surface area contributed by atoms with Crippen LogP contribution in [0.15, 0.2) is 72.8 Å². The van der Waals surface area contributed by atoms with Gasteiger partial charge in [-0.1, -0.05) is 51.1 Å². The molecule has 0 radical (unpaired) electrons. The van der Waals surface area contributed by atoms with E-state index in [9.17, 15) is 14.4 Å². The molecule has 4 rings (SSSR count). The van der Waals surface area contributed by atoms with Gasteiger partial charge in [-0.15, -0.1) is 0 Å². The van der Waals surface area contributed by atoms with Gasteiger partial charge in [-0.2, -0.15) is 0 Å². The number of hydrogen-bond donors (Lipinski definition) is 3. The first-order valence-electron chi connectivity index (χ1n) is 13.2. The number of piperidine rings is 1. The summed E-state index contributed by atoms with van der Waals surface area (Å²) in [6, 6.07) is 21.7. The van der Waals surface area contributed by atoms with Gasteiger partial charge in [0.1, 0.15) is 0 Å². The van der Waals surface area contributed by atoms with Crippen LogP contribution >= 0.6 is 0 Å². The highest BCUT2D eigenvalue weighted by molar-refractivity contribution is 6.05. The fraction of sp³-hybridized carbons (Fsp3) is 0.323. The molecule has 1 heterocycles. The Labute approximate surface area is 229 Å².